The Morgan fingerprint density at radius 3 is 2.28 bits per heavy atom. The van der Waals surface area contributed by atoms with E-state index in [1.165, 1.54) is 26.4 Å². The predicted molar refractivity (Wildman–Crippen MR) is 124 cm³/mol. The Morgan fingerprint density at radius 2 is 1.69 bits per heavy atom. The second-order valence-electron chi connectivity index (χ2n) is 7.80. The van der Waals surface area contributed by atoms with Crippen molar-refractivity contribution in [3.8, 4) is 28.7 Å². The number of ketones is 1. The Hall–Kier alpha value is -3.19. The standard InChI is InChI=1S/C25H31NO6/c1-26-12-10-16(11-13-26)18-7-9-22(30-3)19(25(18)32-5)6-8-20(27)24-21(28)14-17(29-2)15-23(24)31-4/h6-9,14-16,28H,10-13H2,1-5H3. The molecule has 0 spiro atoms. The fraction of sp³-hybridized carbons (Fsp3) is 0.400. The first-order valence-electron chi connectivity index (χ1n) is 10.5. The van der Waals surface area contributed by atoms with Crippen LogP contribution in [0.3, 0.4) is 0 Å². The summed E-state index contributed by atoms with van der Waals surface area (Å²) in [7, 11) is 8.26. The van der Waals surface area contributed by atoms with Crippen molar-refractivity contribution >= 4 is 11.9 Å². The molecule has 7 heteroatoms. The third kappa shape index (κ3) is 4.83. The van der Waals surface area contributed by atoms with Crippen LogP contribution in [0.4, 0.5) is 0 Å². The Labute approximate surface area is 189 Å². The summed E-state index contributed by atoms with van der Waals surface area (Å²) in [6.07, 6.45) is 5.14. The van der Waals surface area contributed by atoms with E-state index in [-0.39, 0.29) is 17.1 Å². The number of likely N-dealkylation sites (tertiary alicyclic amines) is 1. The van der Waals surface area contributed by atoms with Gasteiger partial charge in [-0.25, -0.2) is 0 Å². The molecule has 1 heterocycles. The van der Waals surface area contributed by atoms with Gasteiger partial charge in [-0.2, -0.15) is 0 Å². The van der Waals surface area contributed by atoms with Crippen molar-refractivity contribution in [1.29, 1.82) is 0 Å². The molecule has 1 saturated heterocycles. The van der Waals surface area contributed by atoms with E-state index in [2.05, 4.69) is 11.9 Å². The number of methoxy groups -OCH3 is 4. The maximum absolute atomic E-state index is 13.0. The molecule has 0 saturated carbocycles. The van der Waals surface area contributed by atoms with E-state index < -0.39 is 5.78 Å². The van der Waals surface area contributed by atoms with Crippen LogP contribution in [-0.4, -0.2) is 64.4 Å². The summed E-state index contributed by atoms with van der Waals surface area (Å²) in [4.78, 5) is 15.3. The molecule has 2 aromatic rings. The third-order valence-corrected chi connectivity index (χ3v) is 5.93. The van der Waals surface area contributed by atoms with Gasteiger partial charge < -0.3 is 29.0 Å². The largest absolute Gasteiger partial charge is 0.507 e. The average molecular weight is 442 g/mol. The molecule has 0 unspecified atom stereocenters. The maximum atomic E-state index is 13.0. The van der Waals surface area contributed by atoms with Gasteiger partial charge in [-0.15, -0.1) is 0 Å². The van der Waals surface area contributed by atoms with Crippen LogP contribution in [0.2, 0.25) is 0 Å². The number of ether oxygens (including phenoxy) is 4. The number of rotatable bonds is 8. The van der Waals surface area contributed by atoms with Gasteiger partial charge in [0.15, 0.2) is 5.78 Å². The van der Waals surface area contributed by atoms with Gasteiger partial charge in [-0.3, -0.25) is 4.79 Å². The van der Waals surface area contributed by atoms with E-state index in [4.69, 9.17) is 18.9 Å². The molecule has 1 aliphatic heterocycles. The molecule has 0 aromatic heterocycles. The molecule has 172 valence electrons. The molecule has 0 amide bonds. The Morgan fingerprint density at radius 1 is 1.00 bits per heavy atom. The van der Waals surface area contributed by atoms with Crippen molar-refractivity contribution in [3.63, 3.8) is 0 Å². The highest BCUT2D eigenvalue weighted by Gasteiger charge is 2.24. The van der Waals surface area contributed by atoms with Crippen LogP contribution >= 0.6 is 0 Å². The number of allylic oxidation sites excluding steroid dienone is 1. The van der Waals surface area contributed by atoms with Crippen LogP contribution in [0.1, 0.15) is 40.2 Å². The van der Waals surface area contributed by atoms with E-state index in [0.717, 1.165) is 31.5 Å². The summed E-state index contributed by atoms with van der Waals surface area (Å²) in [6.45, 7) is 2.06. The molecule has 0 aliphatic carbocycles. The number of carbonyl (C=O) groups is 1. The van der Waals surface area contributed by atoms with E-state index in [0.29, 0.717) is 28.7 Å². The number of benzene rings is 2. The second kappa shape index (κ2) is 10.4. The van der Waals surface area contributed by atoms with Crippen molar-refractivity contribution in [2.24, 2.45) is 0 Å². The van der Waals surface area contributed by atoms with E-state index >= 15 is 0 Å². The molecule has 0 bridgehead atoms. The van der Waals surface area contributed by atoms with Gasteiger partial charge in [0, 0.05) is 12.1 Å². The molecule has 0 atom stereocenters. The molecule has 32 heavy (non-hydrogen) atoms. The fourth-order valence-electron chi connectivity index (χ4n) is 4.15. The fourth-order valence-corrected chi connectivity index (χ4v) is 4.15. The minimum Gasteiger partial charge on any atom is -0.507 e. The molecular weight excluding hydrogens is 410 g/mol. The number of piperidine rings is 1. The lowest BCUT2D eigenvalue weighted by Gasteiger charge is -2.30. The number of nitrogens with zero attached hydrogens (tertiary/aromatic N) is 1. The van der Waals surface area contributed by atoms with Crippen LogP contribution in [0.15, 0.2) is 30.3 Å². The van der Waals surface area contributed by atoms with Crippen LogP contribution in [0.25, 0.3) is 6.08 Å². The van der Waals surface area contributed by atoms with Gasteiger partial charge in [0.25, 0.3) is 0 Å². The lowest BCUT2D eigenvalue weighted by atomic mass is 9.87. The second-order valence-corrected chi connectivity index (χ2v) is 7.80. The summed E-state index contributed by atoms with van der Waals surface area (Å²) < 4.78 is 21.8. The number of carbonyl (C=O) groups excluding carboxylic acids is 1. The summed E-state index contributed by atoms with van der Waals surface area (Å²) in [5.74, 6) is 1.69. The first kappa shape index (κ1) is 23.5. The molecule has 1 fully saturated rings. The van der Waals surface area contributed by atoms with Gasteiger partial charge >= 0.3 is 0 Å². The van der Waals surface area contributed by atoms with E-state index in [1.807, 2.05) is 12.1 Å². The zero-order chi connectivity index (χ0) is 23.3. The number of aromatic hydroxyl groups is 1. The number of hydrogen-bond acceptors (Lipinski definition) is 7. The highest BCUT2D eigenvalue weighted by atomic mass is 16.5. The first-order valence-corrected chi connectivity index (χ1v) is 10.5. The van der Waals surface area contributed by atoms with Crippen LogP contribution in [0, 0.1) is 0 Å². The van der Waals surface area contributed by atoms with Gasteiger partial charge in [0.05, 0.1) is 34.0 Å². The molecule has 2 aromatic carbocycles. The van der Waals surface area contributed by atoms with Crippen molar-refractivity contribution in [3.05, 3.63) is 47.0 Å². The minimum atomic E-state index is -0.407. The van der Waals surface area contributed by atoms with Gasteiger partial charge in [0.1, 0.15) is 34.3 Å². The molecule has 7 nitrogen and oxygen atoms in total. The van der Waals surface area contributed by atoms with Crippen LogP contribution in [0.5, 0.6) is 28.7 Å². The van der Waals surface area contributed by atoms with E-state index in [1.54, 1.807) is 26.4 Å². The minimum absolute atomic E-state index is 0.0638. The lowest BCUT2D eigenvalue weighted by molar-refractivity contribution is 0.104. The zero-order valence-electron chi connectivity index (χ0n) is 19.3. The molecule has 0 radical (unpaired) electrons. The van der Waals surface area contributed by atoms with Gasteiger partial charge in [0.2, 0.25) is 0 Å². The summed E-state index contributed by atoms with van der Waals surface area (Å²) >= 11 is 0. The molecule has 3 rings (SSSR count). The first-order chi connectivity index (χ1) is 15.4. The molecular formula is C25H31NO6. The topological polar surface area (TPSA) is 77.5 Å². The van der Waals surface area contributed by atoms with Crippen molar-refractivity contribution in [1.82, 2.24) is 4.90 Å². The number of hydrogen-bond donors (Lipinski definition) is 1. The third-order valence-electron chi connectivity index (χ3n) is 5.93. The van der Waals surface area contributed by atoms with Crippen molar-refractivity contribution in [2.75, 3.05) is 48.6 Å². The highest BCUT2D eigenvalue weighted by Crippen LogP contribution is 2.41. The summed E-state index contributed by atoms with van der Waals surface area (Å²) in [5.41, 5.74) is 1.86. The zero-order valence-corrected chi connectivity index (χ0v) is 19.3. The predicted octanol–water partition coefficient (Wildman–Crippen LogP) is 4.13. The van der Waals surface area contributed by atoms with Crippen LogP contribution in [-0.2, 0) is 0 Å². The Balaban J connectivity index is 1.99. The molecule has 1 aliphatic rings. The maximum Gasteiger partial charge on any atom is 0.193 e. The number of phenolic OH excluding ortho intramolecular Hbond substituents is 1. The Kier molecular flexibility index (Phi) is 7.64. The normalized spacial score (nSPS) is 15.0. The smallest absolute Gasteiger partial charge is 0.193 e. The van der Waals surface area contributed by atoms with Gasteiger partial charge in [-0.05, 0) is 62.7 Å². The quantitative estimate of drug-likeness (QED) is 0.487. The monoisotopic (exact) mass is 441 g/mol. The van der Waals surface area contributed by atoms with Crippen molar-refractivity contribution < 1.29 is 28.8 Å². The Bertz CT molecular complexity index is 992. The highest BCUT2D eigenvalue weighted by molar-refractivity contribution is 6.11. The summed E-state index contributed by atoms with van der Waals surface area (Å²) in [5, 5.41) is 10.4. The number of phenols is 1. The molecule has 1 N–H and O–H groups in total. The summed E-state index contributed by atoms with van der Waals surface area (Å²) in [6, 6.07) is 6.89. The average Bonchev–Trinajstić information content (AvgIpc) is 2.81. The lowest BCUT2D eigenvalue weighted by Crippen LogP contribution is -2.29. The SMILES string of the molecule is COc1cc(O)c(C(=O)C=Cc2c(OC)ccc(C3CCN(C)CC3)c2OC)c(OC)c1. The van der Waals surface area contributed by atoms with Crippen LogP contribution < -0.4 is 18.9 Å². The van der Waals surface area contributed by atoms with E-state index in [9.17, 15) is 9.90 Å². The van der Waals surface area contributed by atoms with Gasteiger partial charge in [-0.1, -0.05) is 6.07 Å². The van der Waals surface area contributed by atoms with Crippen molar-refractivity contribution in [2.45, 2.75) is 18.8 Å².